The molecule has 0 aliphatic carbocycles. The normalized spacial score (nSPS) is 14.8. The second kappa shape index (κ2) is 10.6. The molecule has 1 aliphatic heterocycles. The van der Waals surface area contributed by atoms with Gasteiger partial charge in [0.05, 0.1) is 11.1 Å². The van der Waals surface area contributed by atoms with Gasteiger partial charge in [-0.1, -0.05) is 17.7 Å². The predicted molar refractivity (Wildman–Crippen MR) is 132 cm³/mol. The zero-order valence-electron chi connectivity index (χ0n) is 18.2. The molecule has 3 amide bonds. The molecule has 0 unspecified atom stereocenters. The lowest BCUT2D eigenvalue weighted by molar-refractivity contribution is -0.128. The summed E-state index contributed by atoms with van der Waals surface area (Å²) in [6.07, 6.45) is 1.44. The molecule has 10 heteroatoms. The first-order valence-electron chi connectivity index (χ1n) is 10.00. The zero-order valence-corrected chi connectivity index (χ0v) is 20.6. The molecule has 172 valence electrons. The van der Waals surface area contributed by atoms with Crippen molar-refractivity contribution in [2.75, 3.05) is 25.6 Å². The number of anilines is 1. The van der Waals surface area contributed by atoms with Crippen LogP contribution in [-0.2, 0) is 14.4 Å². The Morgan fingerprint density at radius 2 is 1.91 bits per heavy atom. The van der Waals surface area contributed by atoms with Crippen LogP contribution >= 0.6 is 28.1 Å². The Hall–Kier alpha value is -3.24. The van der Waals surface area contributed by atoms with Crippen LogP contribution in [0.5, 0.6) is 11.5 Å². The van der Waals surface area contributed by atoms with Gasteiger partial charge in [0, 0.05) is 12.7 Å². The van der Waals surface area contributed by atoms with Crippen LogP contribution < -0.4 is 20.1 Å². The Labute approximate surface area is 205 Å². The number of carbonyl (C=O) groups excluding carboxylic acids is 3. The number of rotatable bonds is 7. The molecule has 1 saturated heterocycles. The number of likely N-dealkylation sites (N-methyl/N-ethyl adjacent to an activating group) is 1. The predicted octanol–water partition coefficient (Wildman–Crippen LogP) is 3.43. The summed E-state index contributed by atoms with van der Waals surface area (Å²) in [7, 11) is 1.48. The molecule has 33 heavy (non-hydrogen) atoms. The number of ether oxygens (including phenoxy) is 2. The highest BCUT2D eigenvalue weighted by Gasteiger charge is 2.31. The van der Waals surface area contributed by atoms with E-state index in [1.165, 1.54) is 18.0 Å². The summed E-state index contributed by atoms with van der Waals surface area (Å²) in [5.41, 5.74) is 2.22. The minimum absolute atomic E-state index is 0.0472. The van der Waals surface area contributed by atoms with Crippen LogP contribution in [0.1, 0.15) is 18.1 Å². The molecule has 2 aromatic carbocycles. The Kier molecular flexibility index (Phi) is 7.83. The average molecular weight is 532 g/mol. The van der Waals surface area contributed by atoms with Crippen molar-refractivity contribution in [2.45, 2.75) is 13.8 Å². The van der Waals surface area contributed by atoms with Gasteiger partial charge in [0.1, 0.15) is 5.57 Å². The van der Waals surface area contributed by atoms with Crippen molar-refractivity contribution in [2.24, 2.45) is 0 Å². The van der Waals surface area contributed by atoms with E-state index in [1.54, 1.807) is 19.1 Å². The van der Waals surface area contributed by atoms with Crippen LogP contribution in [0.2, 0.25) is 0 Å². The number of nitrogens with zero attached hydrogens (tertiary/aromatic N) is 1. The quantitative estimate of drug-likeness (QED) is 0.322. The number of nitrogens with one attached hydrogen (secondary N) is 2. The lowest BCUT2D eigenvalue weighted by atomic mass is 10.1. The van der Waals surface area contributed by atoms with Crippen LogP contribution in [0.15, 0.2) is 46.4 Å². The maximum Gasteiger partial charge on any atom is 0.265 e. The molecule has 0 atom stereocenters. The van der Waals surface area contributed by atoms with E-state index in [1.807, 2.05) is 31.2 Å². The molecule has 8 nitrogen and oxygen atoms in total. The van der Waals surface area contributed by atoms with E-state index in [0.717, 1.165) is 5.56 Å². The van der Waals surface area contributed by atoms with Gasteiger partial charge in [-0.05, 0) is 77.9 Å². The Bertz CT molecular complexity index is 1150. The molecule has 3 rings (SSSR count). The second-order valence-electron chi connectivity index (χ2n) is 7.15. The largest absolute Gasteiger partial charge is 0.490 e. The van der Waals surface area contributed by atoms with Gasteiger partial charge in [-0.3, -0.25) is 24.6 Å². The van der Waals surface area contributed by atoms with Crippen LogP contribution in [0.25, 0.3) is 6.08 Å². The number of amides is 3. The highest BCUT2D eigenvalue weighted by atomic mass is 79.9. The number of carbonyl (C=O) groups is 3. The molecule has 1 fully saturated rings. The molecule has 1 aliphatic rings. The minimum Gasteiger partial charge on any atom is -0.490 e. The lowest BCUT2D eigenvalue weighted by Gasteiger charge is -2.25. The Morgan fingerprint density at radius 3 is 2.58 bits per heavy atom. The summed E-state index contributed by atoms with van der Waals surface area (Å²) in [6.45, 7) is 3.87. The van der Waals surface area contributed by atoms with Crippen LogP contribution in [0.4, 0.5) is 5.69 Å². The van der Waals surface area contributed by atoms with Crippen molar-refractivity contribution in [3.63, 3.8) is 0 Å². The molecule has 0 saturated carbocycles. The minimum atomic E-state index is -0.578. The summed E-state index contributed by atoms with van der Waals surface area (Å²) in [4.78, 5) is 38.2. The topological polar surface area (TPSA) is 97.0 Å². The van der Waals surface area contributed by atoms with E-state index in [2.05, 4.69) is 26.6 Å². The molecule has 2 aromatic rings. The first kappa shape index (κ1) is 24.4. The van der Waals surface area contributed by atoms with Gasteiger partial charge in [0.2, 0.25) is 0 Å². The monoisotopic (exact) mass is 531 g/mol. The van der Waals surface area contributed by atoms with Crippen molar-refractivity contribution in [3.8, 4) is 11.5 Å². The van der Waals surface area contributed by atoms with Crippen LogP contribution in [0.3, 0.4) is 0 Å². The van der Waals surface area contributed by atoms with E-state index >= 15 is 0 Å². The maximum absolute atomic E-state index is 12.5. The van der Waals surface area contributed by atoms with Crippen molar-refractivity contribution in [1.82, 2.24) is 10.2 Å². The maximum atomic E-state index is 12.5. The van der Waals surface area contributed by atoms with Gasteiger partial charge in [0.15, 0.2) is 23.2 Å². The van der Waals surface area contributed by atoms with Crippen molar-refractivity contribution in [3.05, 3.63) is 57.6 Å². The summed E-state index contributed by atoms with van der Waals surface area (Å²) >= 11 is 8.39. The number of halogens is 1. The molecule has 0 aromatic heterocycles. The molecule has 0 spiro atoms. The average Bonchev–Trinajstić information content (AvgIpc) is 2.76. The first-order valence-corrected chi connectivity index (χ1v) is 11.2. The van der Waals surface area contributed by atoms with Crippen molar-refractivity contribution >= 4 is 62.7 Å². The summed E-state index contributed by atoms with van der Waals surface area (Å²) in [5.74, 6) is -0.732. The van der Waals surface area contributed by atoms with E-state index in [0.29, 0.717) is 33.8 Å². The van der Waals surface area contributed by atoms with Gasteiger partial charge in [0.25, 0.3) is 17.7 Å². The number of hydrogen-bond acceptors (Lipinski definition) is 6. The molecular weight excluding hydrogens is 510 g/mol. The number of aryl methyl sites for hydroxylation is 1. The summed E-state index contributed by atoms with van der Waals surface area (Å²) in [6, 6.07) is 10.7. The number of benzene rings is 2. The number of hydrogen-bond donors (Lipinski definition) is 2. The molecule has 0 radical (unpaired) electrons. The van der Waals surface area contributed by atoms with Gasteiger partial charge in [-0.2, -0.15) is 0 Å². The smallest absolute Gasteiger partial charge is 0.265 e. The van der Waals surface area contributed by atoms with Gasteiger partial charge >= 0.3 is 0 Å². The third kappa shape index (κ3) is 5.96. The zero-order chi connectivity index (χ0) is 24.1. The second-order valence-corrected chi connectivity index (χ2v) is 8.39. The van der Waals surface area contributed by atoms with E-state index in [-0.39, 0.29) is 23.2 Å². The summed E-state index contributed by atoms with van der Waals surface area (Å²) < 4.78 is 11.9. The fourth-order valence-corrected chi connectivity index (χ4v) is 3.71. The van der Waals surface area contributed by atoms with Crippen LogP contribution in [-0.4, -0.2) is 48.0 Å². The Balaban J connectivity index is 1.80. The lowest BCUT2D eigenvalue weighted by Crippen LogP contribution is -2.52. The third-order valence-corrected chi connectivity index (χ3v) is 5.60. The van der Waals surface area contributed by atoms with Gasteiger partial charge < -0.3 is 14.8 Å². The third-order valence-electron chi connectivity index (χ3n) is 4.63. The van der Waals surface area contributed by atoms with Gasteiger partial charge in [-0.25, -0.2) is 0 Å². The molecular formula is C23H22BrN3O5S. The van der Waals surface area contributed by atoms with Crippen LogP contribution in [0, 0.1) is 6.92 Å². The number of thiocarbonyl (C=S) groups is 1. The van der Waals surface area contributed by atoms with Gasteiger partial charge in [-0.15, -0.1) is 0 Å². The standard InChI is InChI=1S/C23H22BrN3O5S/c1-4-31-18-11-14(9-16-21(29)26-23(33)27(3)22(16)30)10-17(24)20(18)32-12-19(28)25-15-7-5-13(2)6-8-15/h5-11H,4,12H2,1-3H3,(H,25,28)(H,26,29,33)/b16-9+. The SMILES string of the molecule is CCOc1cc(/C=C2\C(=O)NC(=S)N(C)C2=O)cc(Br)c1OCC(=O)Nc1ccc(C)cc1. The molecule has 0 bridgehead atoms. The fraction of sp³-hybridized carbons (Fsp3) is 0.217. The van der Waals surface area contributed by atoms with Crippen molar-refractivity contribution in [1.29, 1.82) is 0 Å². The van der Waals surface area contributed by atoms with E-state index in [4.69, 9.17) is 21.7 Å². The highest BCUT2D eigenvalue weighted by molar-refractivity contribution is 9.10. The highest BCUT2D eigenvalue weighted by Crippen LogP contribution is 2.37. The van der Waals surface area contributed by atoms with E-state index in [9.17, 15) is 14.4 Å². The first-order chi connectivity index (χ1) is 15.7. The van der Waals surface area contributed by atoms with Crippen molar-refractivity contribution < 1.29 is 23.9 Å². The molecule has 1 heterocycles. The fourth-order valence-electron chi connectivity index (χ4n) is 2.96. The molecule has 2 N–H and O–H groups in total. The van der Waals surface area contributed by atoms with E-state index < -0.39 is 11.8 Å². The summed E-state index contributed by atoms with van der Waals surface area (Å²) in [5, 5.41) is 5.28. The Morgan fingerprint density at radius 1 is 1.21 bits per heavy atom.